The van der Waals surface area contributed by atoms with Crippen molar-refractivity contribution < 1.29 is 17.9 Å². The lowest BCUT2D eigenvalue weighted by Crippen LogP contribution is -2.01. The van der Waals surface area contributed by atoms with E-state index in [1.807, 2.05) is 0 Å². The molecule has 0 aromatic carbocycles. The number of hydrogen-bond donors (Lipinski definition) is 0. The fraction of sp³-hybridized carbons (Fsp3) is 0.300. The molecule has 2 aromatic rings. The molecule has 0 aliphatic rings. The van der Waals surface area contributed by atoms with Crippen LogP contribution in [0.25, 0.3) is 5.13 Å². The Morgan fingerprint density at radius 2 is 2.21 bits per heavy atom. The first-order chi connectivity index (χ1) is 8.91. The number of esters is 1. The van der Waals surface area contributed by atoms with Crippen LogP contribution in [0.2, 0.25) is 0 Å². The number of aromatic nitrogens is 3. The maximum absolute atomic E-state index is 11.5. The third-order valence-corrected chi connectivity index (χ3v) is 4.19. The number of sulfone groups is 1. The molecule has 0 saturated heterocycles. The third-order valence-electron chi connectivity index (χ3n) is 2.15. The number of ether oxygens (including phenoxy) is 1. The van der Waals surface area contributed by atoms with Crippen LogP contribution >= 0.6 is 11.3 Å². The van der Waals surface area contributed by atoms with Crippen LogP contribution in [0.3, 0.4) is 0 Å². The van der Waals surface area contributed by atoms with Gasteiger partial charge in [0.1, 0.15) is 9.77 Å². The molecule has 0 N–H and O–H groups in total. The zero-order valence-electron chi connectivity index (χ0n) is 10.2. The van der Waals surface area contributed by atoms with Gasteiger partial charge in [-0.1, -0.05) is 11.3 Å². The molecule has 0 amide bonds. The van der Waals surface area contributed by atoms with Gasteiger partial charge in [-0.3, -0.25) is 0 Å². The summed E-state index contributed by atoms with van der Waals surface area (Å²) >= 11 is 1.08. The Morgan fingerprint density at radius 1 is 1.47 bits per heavy atom. The summed E-state index contributed by atoms with van der Waals surface area (Å²) in [6, 6.07) is 0. The van der Waals surface area contributed by atoms with E-state index in [2.05, 4.69) is 10.1 Å². The molecule has 0 aliphatic heterocycles. The van der Waals surface area contributed by atoms with Crippen LogP contribution < -0.4 is 0 Å². The summed E-state index contributed by atoms with van der Waals surface area (Å²) in [4.78, 5) is 15.9. The van der Waals surface area contributed by atoms with Crippen molar-refractivity contribution in [3.05, 3.63) is 23.5 Å². The van der Waals surface area contributed by atoms with E-state index >= 15 is 0 Å². The molecule has 0 saturated carbocycles. The summed E-state index contributed by atoms with van der Waals surface area (Å²) in [7, 11) is -3.31. The predicted molar refractivity (Wildman–Crippen MR) is 68.3 cm³/mol. The first-order valence-electron chi connectivity index (χ1n) is 5.30. The SMILES string of the molecule is CCOC(=O)c1cnc(-n2cc(S(C)(=O)=O)cn2)s1. The molecule has 2 rings (SSSR count). The lowest BCUT2D eigenvalue weighted by atomic mass is 10.6. The van der Waals surface area contributed by atoms with E-state index in [-0.39, 0.29) is 11.5 Å². The van der Waals surface area contributed by atoms with Crippen LogP contribution in [0, 0.1) is 0 Å². The van der Waals surface area contributed by atoms with Crippen LogP contribution in [0.1, 0.15) is 16.6 Å². The van der Waals surface area contributed by atoms with Gasteiger partial charge in [0, 0.05) is 6.26 Å². The highest BCUT2D eigenvalue weighted by atomic mass is 32.2. The Hall–Kier alpha value is -1.74. The summed E-state index contributed by atoms with van der Waals surface area (Å²) in [5.41, 5.74) is 0. The van der Waals surface area contributed by atoms with Gasteiger partial charge in [0.25, 0.3) is 0 Å². The van der Waals surface area contributed by atoms with E-state index in [9.17, 15) is 13.2 Å². The van der Waals surface area contributed by atoms with Crippen molar-refractivity contribution in [2.75, 3.05) is 12.9 Å². The number of nitrogens with zero attached hydrogens (tertiary/aromatic N) is 3. The second-order valence-electron chi connectivity index (χ2n) is 3.62. The minimum absolute atomic E-state index is 0.0976. The molecule has 0 radical (unpaired) electrons. The Kier molecular flexibility index (Phi) is 3.67. The van der Waals surface area contributed by atoms with Crippen molar-refractivity contribution in [2.24, 2.45) is 0 Å². The van der Waals surface area contributed by atoms with Gasteiger partial charge in [-0.15, -0.1) is 0 Å². The summed E-state index contributed by atoms with van der Waals surface area (Å²) in [5, 5.41) is 4.31. The first-order valence-corrected chi connectivity index (χ1v) is 8.00. The zero-order chi connectivity index (χ0) is 14.0. The summed E-state index contributed by atoms with van der Waals surface area (Å²) in [6.45, 7) is 2.00. The Morgan fingerprint density at radius 3 is 2.79 bits per heavy atom. The van der Waals surface area contributed by atoms with Gasteiger partial charge in [-0.05, 0) is 6.92 Å². The van der Waals surface area contributed by atoms with Gasteiger partial charge in [0.05, 0.1) is 25.2 Å². The van der Waals surface area contributed by atoms with Gasteiger partial charge < -0.3 is 4.74 Å². The maximum atomic E-state index is 11.5. The fourth-order valence-corrected chi connectivity index (χ4v) is 2.54. The Bertz CT molecular complexity index is 702. The quantitative estimate of drug-likeness (QED) is 0.779. The lowest BCUT2D eigenvalue weighted by molar-refractivity contribution is 0.0532. The monoisotopic (exact) mass is 301 g/mol. The fourth-order valence-electron chi connectivity index (χ4n) is 1.27. The molecule has 0 aliphatic carbocycles. The number of carbonyl (C=O) groups excluding carboxylic acids is 1. The molecular formula is C10H11N3O4S2. The smallest absolute Gasteiger partial charge is 0.350 e. The summed E-state index contributed by atoms with van der Waals surface area (Å²) in [5.74, 6) is -0.457. The summed E-state index contributed by atoms with van der Waals surface area (Å²) < 4.78 is 28.8. The highest BCUT2D eigenvalue weighted by Crippen LogP contribution is 2.19. The van der Waals surface area contributed by atoms with Gasteiger partial charge in [-0.2, -0.15) is 5.10 Å². The average molecular weight is 301 g/mol. The van der Waals surface area contributed by atoms with Crippen molar-refractivity contribution >= 4 is 27.1 Å². The van der Waals surface area contributed by atoms with Crippen molar-refractivity contribution in [3.63, 3.8) is 0 Å². The van der Waals surface area contributed by atoms with E-state index < -0.39 is 15.8 Å². The van der Waals surface area contributed by atoms with E-state index in [1.54, 1.807) is 6.92 Å². The van der Waals surface area contributed by atoms with E-state index in [0.29, 0.717) is 10.0 Å². The number of carbonyl (C=O) groups is 1. The number of thiazole rings is 1. The molecule has 0 spiro atoms. The van der Waals surface area contributed by atoms with Crippen LogP contribution in [0.15, 0.2) is 23.5 Å². The number of hydrogen-bond acceptors (Lipinski definition) is 7. The Balaban J connectivity index is 2.28. The van der Waals surface area contributed by atoms with Crippen molar-refractivity contribution in [1.29, 1.82) is 0 Å². The molecule has 19 heavy (non-hydrogen) atoms. The molecule has 2 aromatic heterocycles. The molecule has 0 bridgehead atoms. The topological polar surface area (TPSA) is 91.1 Å². The predicted octanol–water partition coefficient (Wildman–Crippen LogP) is 0.909. The molecule has 7 nitrogen and oxygen atoms in total. The van der Waals surface area contributed by atoms with Crippen LogP contribution in [0.4, 0.5) is 0 Å². The molecule has 2 heterocycles. The maximum Gasteiger partial charge on any atom is 0.350 e. The second kappa shape index (κ2) is 5.10. The van der Waals surface area contributed by atoms with Gasteiger partial charge in [-0.25, -0.2) is 22.9 Å². The van der Waals surface area contributed by atoms with Crippen molar-refractivity contribution in [2.45, 2.75) is 11.8 Å². The standard InChI is InChI=1S/C10H11N3O4S2/c1-3-17-9(14)8-5-11-10(18-8)13-6-7(4-12-13)19(2,15)16/h4-6H,3H2,1-2H3. The van der Waals surface area contributed by atoms with E-state index in [1.165, 1.54) is 23.3 Å². The van der Waals surface area contributed by atoms with Gasteiger partial charge in [0.15, 0.2) is 9.84 Å². The van der Waals surface area contributed by atoms with E-state index in [0.717, 1.165) is 17.6 Å². The van der Waals surface area contributed by atoms with Crippen molar-refractivity contribution in [1.82, 2.24) is 14.8 Å². The van der Waals surface area contributed by atoms with Gasteiger partial charge >= 0.3 is 5.97 Å². The largest absolute Gasteiger partial charge is 0.462 e. The second-order valence-corrected chi connectivity index (χ2v) is 6.65. The zero-order valence-corrected chi connectivity index (χ0v) is 11.9. The molecule has 0 fully saturated rings. The minimum Gasteiger partial charge on any atom is -0.462 e. The van der Waals surface area contributed by atoms with Crippen molar-refractivity contribution in [3.8, 4) is 5.13 Å². The molecular weight excluding hydrogens is 290 g/mol. The minimum atomic E-state index is -3.31. The van der Waals surface area contributed by atoms with Gasteiger partial charge in [0.2, 0.25) is 5.13 Å². The molecule has 0 atom stereocenters. The van der Waals surface area contributed by atoms with Crippen LogP contribution in [0.5, 0.6) is 0 Å². The molecule has 0 unspecified atom stereocenters. The number of rotatable bonds is 4. The highest BCUT2D eigenvalue weighted by Gasteiger charge is 2.15. The molecule has 9 heteroatoms. The van der Waals surface area contributed by atoms with Crippen LogP contribution in [-0.2, 0) is 14.6 Å². The third kappa shape index (κ3) is 2.99. The summed E-state index contributed by atoms with van der Waals surface area (Å²) in [6.07, 6.45) is 5.06. The molecule has 102 valence electrons. The normalized spacial score (nSPS) is 11.5. The van der Waals surface area contributed by atoms with Crippen LogP contribution in [-0.4, -0.2) is 42.0 Å². The Labute approximate surface area is 113 Å². The van der Waals surface area contributed by atoms with E-state index in [4.69, 9.17) is 4.74 Å². The highest BCUT2D eigenvalue weighted by molar-refractivity contribution is 7.90. The average Bonchev–Trinajstić information content (AvgIpc) is 2.97. The lowest BCUT2D eigenvalue weighted by Gasteiger charge is -1.96. The first kappa shape index (κ1) is 13.7.